The van der Waals surface area contributed by atoms with E-state index in [-0.39, 0.29) is 31.9 Å². The molecular formula is C13H10ClN3O3S2. The van der Waals surface area contributed by atoms with Gasteiger partial charge in [-0.15, -0.1) is 0 Å². The van der Waals surface area contributed by atoms with Crippen molar-refractivity contribution in [1.29, 1.82) is 5.26 Å². The summed E-state index contributed by atoms with van der Waals surface area (Å²) in [6, 6.07) is 5.95. The van der Waals surface area contributed by atoms with Gasteiger partial charge in [0.15, 0.2) is 15.0 Å². The van der Waals surface area contributed by atoms with Gasteiger partial charge in [0, 0.05) is 16.8 Å². The van der Waals surface area contributed by atoms with Crippen LogP contribution in [0.4, 0.5) is 0 Å². The highest BCUT2D eigenvalue weighted by Gasteiger charge is 2.21. The van der Waals surface area contributed by atoms with Gasteiger partial charge >= 0.3 is 0 Å². The Morgan fingerprint density at radius 1 is 1.41 bits per heavy atom. The summed E-state index contributed by atoms with van der Waals surface area (Å²) in [5.41, 5.74) is -0.672. The number of rotatable bonds is 3. The van der Waals surface area contributed by atoms with E-state index in [1.54, 1.807) is 12.3 Å². The molecule has 1 aromatic carbocycles. The third kappa shape index (κ3) is 3.16. The molecule has 0 bridgehead atoms. The lowest BCUT2D eigenvalue weighted by atomic mass is 10.1. The van der Waals surface area contributed by atoms with Crippen LogP contribution in [0.2, 0.25) is 5.02 Å². The van der Waals surface area contributed by atoms with Crippen LogP contribution >= 0.6 is 23.4 Å². The minimum absolute atomic E-state index is 0.0210. The van der Waals surface area contributed by atoms with Crippen molar-refractivity contribution in [3.63, 3.8) is 0 Å². The molecule has 1 N–H and O–H groups in total. The van der Waals surface area contributed by atoms with Crippen molar-refractivity contribution in [2.24, 2.45) is 0 Å². The van der Waals surface area contributed by atoms with E-state index < -0.39 is 15.4 Å². The number of sulfone groups is 1. The SMILES string of the molecule is CSc1nc(-c2ccc(Cl)cc2S(C)(=O)=O)c(C#N)c(=O)[nH]1. The highest BCUT2D eigenvalue weighted by atomic mass is 35.5. The van der Waals surface area contributed by atoms with Gasteiger partial charge in [-0.2, -0.15) is 5.26 Å². The van der Waals surface area contributed by atoms with E-state index in [0.29, 0.717) is 0 Å². The number of halogens is 1. The van der Waals surface area contributed by atoms with Crippen LogP contribution in [-0.4, -0.2) is 30.9 Å². The van der Waals surface area contributed by atoms with Gasteiger partial charge < -0.3 is 4.98 Å². The highest BCUT2D eigenvalue weighted by Crippen LogP contribution is 2.30. The third-order valence-electron chi connectivity index (χ3n) is 2.80. The molecule has 114 valence electrons. The molecule has 0 saturated heterocycles. The Morgan fingerprint density at radius 3 is 2.64 bits per heavy atom. The zero-order chi connectivity index (χ0) is 16.5. The molecule has 0 unspecified atom stereocenters. The van der Waals surface area contributed by atoms with Gasteiger partial charge in [-0.25, -0.2) is 13.4 Å². The molecule has 2 aromatic rings. The molecule has 0 aliphatic heterocycles. The molecule has 0 radical (unpaired) electrons. The molecule has 2 rings (SSSR count). The molecule has 0 aliphatic rings. The molecule has 9 heteroatoms. The van der Waals surface area contributed by atoms with Gasteiger partial charge in [-0.3, -0.25) is 4.79 Å². The molecule has 0 spiro atoms. The van der Waals surface area contributed by atoms with Crippen LogP contribution in [0.1, 0.15) is 5.56 Å². The maximum atomic E-state index is 12.0. The first-order chi connectivity index (χ1) is 10.3. The molecule has 1 aromatic heterocycles. The molecular weight excluding hydrogens is 346 g/mol. The highest BCUT2D eigenvalue weighted by molar-refractivity contribution is 7.98. The molecule has 0 aliphatic carbocycles. The smallest absolute Gasteiger partial charge is 0.270 e. The number of benzene rings is 1. The average molecular weight is 356 g/mol. The molecule has 0 saturated carbocycles. The summed E-state index contributed by atoms with van der Waals surface area (Å²) in [4.78, 5) is 18.5. The van der Waals surface area contributed by atoms with E-state index in [9.17, 15) is 18.5 Å². The van der Waals surface area contributed by atoms with Crippen LogP contribution in [0.3, 0.4) is 0 Å². The van der Waals surface area contributed by atoms with Gasteiger partial charge in [0.05, 0.1) is 10.6 Å². The van der Waals surface area contributed by atoms with E-state index in [2.05, 4.69) is 9.97 Å². The summed E-state index contributed by atoms with van der Waals surface area (Å²) in [6.45, 7) is 0. The summed E-state index contributed by atoms with van der Waals surface area (Å²) in [5, 5.41) is 9.70. The number of thioether (sulfide) groups is 1. The number of aromatic nitrogens is 2. The fourth-order valence-electron chi connectivity index (χ4n) is 1.85. The second-order valence-electron chi connectivity index (χ2n) is 4.32. The number of hydrogen-bond donors (Lipinski definition) is 1. The van der Waals surface area contributed by atoms with E-state index in [1.807, 2.05) is 0 Å². The number of H-pyrrole nitrogens is 1. The lowest BCUT2D eigenvalue weighted by Crippen LogP contribution is -2.15. The Labute approximate surface area is 136 Å². The molecule has 0 amide bonds. The maximum Gasteiger partial charge on any atom is 0.270 e. The zero-order valence-corrected chi connectivity index (χ0v) is 13.9. The Bertz CT molecular complexity index is 946. The fourth-order valence-corrected chi connectivity index (χ4v) is 3.37. The van der Waals surface area contributed by atoms with Crippen molar-refractivity contribution in [1.82, 2.24) is 9.97 Å². The van der Waals surface area contributed by atoms with Crippen LogP contribution in [0.25, 0.3) is 11.3 Å². The van der Waals surface area contributed by atoms with Crippen molar-refractivity contribution >= 4 is 33.2 Å². The topological polar surface area (TPSA) is 104 Å². The first-order valence-electron chi connectivity index (χ1n) is 5.86. The van der Waals surface area contributed by atoms with Crippen LogP contribution < -0.4 is 5.56 Å². The largest absolute Gasteiger partial charge is 0.300 e. The van der Waals surface area contributed by atoms with Crippen molar-refractivity contribution in [3.05, 3.63) is 39.1 Å². The van der Waals surface area contributed by atoms with Crippen LogP contribution in [-0.2, 0) is 9.84 Å². The normalized spacial score (nSPS) is 11.2. The Morgan fingerprint density at radius 2 is 2.09 bits per heavy atom. The van der Waals surface area contributed by atoms with Crippen LogP contribution in [0.15, 0.2) is 33.0 Å². The first kappa shape index (κ1) is 16.5. The van der Waals surface area contributed by atoms with Crippen LogP contribution in [0.5, 0.6) is 0 Å². The van der Waals surface area contributed by atoms with Crippen molar-refractivity contribution < 1.29 is 8.42 Å². The van der Waals surface area contributed by atoms with Gasteiger partial charge in [0.2, 0.25) is 0 Å². The summed E-state index contributed by atoms with van der Waals surface area (Å²) < 4.78 is 23.9. The second kappa shape index (κ2) is 6.12. The lowest BCUT2D eigenvalue weighted by molar-refractivity contribution is 0.602. The monoisotopic (exact) mass is 355 g/mol. The van der Waals surface area contributed by atoms with E-state index >= 15 is 0 Å². The van der Waals surface area contributed by atoms with Crippen molar-refractivity contribution in [2.75, 3.05) is 12.5 Å². The number of nitrogens with one attached hydrogen (secondary N) is 1. The number of nitriles is 1. The minimum atomic E-state index is -3.61. The summed E-state index contributed by atoms with van der Waals surface area (Å²) >= 11 is 7.03. The first-order valence-corrected chi connectivity index (χ1v) is 9.35. The second-order valence-corrected chi connectivity index (χ2v) is 7.54. The van der Waals surface area contributed by atoms with Gasteiger partial charge in [0.1, 0.15) is 11.6 Å². The zero-order valence-electron chi connectivity index (χ0n) is 11.5. The minimum Gasteiger partial charge on any atom is -0.300 e. The Kier molecular flexibility index (Phi) is 4.60. The maximum absolute atomic E-state index is 12.0. The van der Waals surface area contributed by atoms with Gasteiger partial charge in [0.25, 0.3) is 5.56 Å². The average Bonchev–Trinajstić information content (AvgIpc) is 2.45. The summed E-state index contributed by atoms with van der Waals surface area (Å²) in [6.07, 6.45) is 2.73. The van der Waals surface area contributed by atoms with Crippen LogP contribution in [0, 0.1) is 11.3 Å². The Balaban J connectivity index is 2.92. The fraction of sp³-hybridized carbons (Fsp3) is 0.154. The summed E-state index contributed by atoms with van der Waals surface area (Å²) in [7, 11) is -3.61. The Hall–Kier alpha value is -1.82. The van der Waals surface area contributed by atoms with Gasteiger partial charge in [-0.05, 0) is 24.5 Å². The lowest BCUT2D eigenvalue weighted by Gasteiger charge is -2.10. The van der Waals surface area contributed by atoms with Crippen molar-refractivity contribution in [2.45, 2.75) is 10.1 Å². The van der Waals surface area contributed by atoms with Gasteiger partial charge in [-0.1, -0.05) is 23.4 Å². The predicted octanol–water partition coefficient (Wildman–Crippen LogP) is 2.09. The standard InChI is InChI=1S/C13H10ClN3O3S2/c1-21-13-16-11(9(6-15)12(18)17-13)8-4-3-7(14)5-10(8)22(2,19)20/h3-5H,1-2H3,(H,16,17,18). The number of aromatic amines is 1. The molecule has 0 fully saturated rings. The quantitative estimate of drug-likeness (QED) is 0.667. The van der Waals surface area contributed by atoms with Crippen molar-refractivity contribution in [3.8, 4) is 17.3 Å². The number of nitrogens with zero attached hydrogens (tertiary/aromatic N) is 2. The van der Waals surface area contributed by atoms with E-state index in [4.69, 9.17) is 11.6 Å². The van der Waals surface area contributed by atoms with E-state index in [1.165, 1.54) is 30.0 Å². The molecule has 1 heterocycles. The number of hydrogen-bond acceptors (Lipinski definition) is 6. The summed E-state index contributed by atoms with van der Waals surface area (Å²) in [5.74, 6) is 0. The molecule has 0 atom stereocenters. The predicted molar refractivity (Wildman–Crippen MR) is 84.9 cm³/mol. The third-order valence-corrected chi connectivity index (χ3v) is 4.75. The van der Waals surface area contributed by atoms with E-state index in [0.717, 1.165) is 6.26 Å². The molecule has 22 heavy (non-hydrogen) atoms. The molecule has 6 nitrogen and oxygen atoms in total.